The van der Waals surface area contributed by atoms with E-state index in [0.29, 0.717) is 11.6 Å². The highest BCUT2D eigenvalue weighted by molar-refractivity contribution is 7.20. The summed E-state index contributed by atoms with van der Waals surface area (Å²) in [5.41, 5.74) is -29.0. The number of aromatic nitrogens is 2. The summed E-state index contributed by atoms with van der Waals surface area (Å²) in [6.45, 7) is 0.759. The standard InChI is InChI=1S/C32H12BF24.C17H14N2O2/c34-25(35,36)13-1-14(26(37,38)39)6-21(5-13)33(22-7-15(27(40,41)42)2-16(8-22)28(43,44)45,23-9-17(29(46,47)48)3-18(10-23)30(49,50)51)24-11-19(31(52,53)54)4-20(12-24)32(55,56)57;20-15-6-8-16(9-7-15)21-17-13-19(11-10-18-17)12-14-4-2-1-3-5-14/h1-12H;1-11,13H,12H2/q-1;/p+1. The van der Waals surface area contributed by atoms with Gasteiger partial charge in [-0.25, -0.2) is 4.98 Å². The normalized spacial score (nSPS) is 13.2. The number of hydrogen-bond acceptors (Lipinski definition) is 3. The van der Waals surface area contributed by atoms with Crippen molar-refractivity contribution in [2.75, 3.05) is 0 Å². The second-order valence-electron chi connectivity index (χ2n) is 16.9. The van der Waals surface area contributed by atoms with Crippen LogP contribution in [0.5, 0.6) is 17.4 Å². The predicted molar refractivity (Wildman–Crippen MR) is 228 cm³/mol. The van der Waals surface area contributed by atoms with Crippen molar-refractivity contribution in [3.05, 3.63) is 196 Å². The minimum Gasteiger partial charge on any atom is -0.508 e. The molecule has 416 valence electrons. The van der Waals surface area contributed by atoms with E-state index in [1.165, 1.54) is 5.56 Å². The first-order chi connectivity index (χ1) is 35.6. The topological polar surface area (TPSA) is 46.2 Å². The first kappa shape index (κ1) is 59.6. The Morgan fingerprint density at radius 3 is 0.936 bits per heavy atom. The van der Waals surface area contributed by atoms with Crippen LogP contribution in [0, 0.1) is 0 Å². The molecule has 0 fully saturated rings. The van der Waals surface area contributed by atoms with Crippen LogP contribution in [-0.4, -0.2) is 16.2 Å². The molecule has 29 heteroatoms. The second-order valence-corrected chi connectivity index (χ2v) is 16.9. The maximum Gasteiger partial charge on any atom is 0.416 e. The van der Waals surface area contributed by atoms with Crippen LogP contribution >= 0.6 is 0 Å². The summed E-state index contributed by atoms with van der Waals surface area (Å²) in [6, 6.07) is 7.94. The summed E-state index contributed by atoms with van der Waals surface area (Å²) in [6.07, 6.45) is -49.4. The molecule has 0 atom stereocenters. The first-order valence-electron chi connectivity index (χ1n) is 21.3. The van der Waals surface area contributed by atoms with E-state index in [4.69, 9.17) is 4.74 Å². The van der Waals surface area contributed by atoms with Gasteiger partial charge in [0.1, 0.15) is 17.6 Å². The van der Waals surface area contributed by atoms with Crippen molar-refractivity contribution in [2.45, 2.75) is 56.0 Å². The predicted octanol–water partition coefficient (Wildman–Crippen LogP) is 14.1. The van der Waals surface area contributed by atoms with E-state index in [2.05, 4.69) is 17.1 Å². The summed E-state index contributed by atoms with van der Waals surface area (Å²) < 4.78 is 349. The zero-order valence-corrected chi connectivity index (χ0v) is 38.0. The molecule has 0 aliphatic carbocycles. The van der Waals surface area contributed by atoms with Crippen molar-refractivity contribution < 1.29 is 120 Å². The number of alkyl halides is 24. The van der Waals surface area contributed by atoms with E-state index >= 15 is 0 Å². The number of benzene rings is 6. The quantitative estimate of drug-likeness (QED) is 0.0937. The van der Waals surface area contributed by atoms with E-state index < -0.39 is 195 Å². The van der Waals surface area contributed by atoms with Gasteiger partial charge in [-0.2, -0.15) is 132 Å². The molecule has 0 saturated carbocycles. The highest BCUT2D eigenvalue weighted by Gasteiger charge is 2.47. The lowest BCUT2D eigenvalue weighted by atomic mass is 9.12. The fraction of sp³-hybridized carbons (Fsp3) is 0.184. The number of hydrogen-bond donors (Lipinski definition) is 1. The van der Waals surface area contributed by atoms with E-state index in [-0.39, 0.29) is 5.75 Å². The molecule has 0 unspecified atom stereocenters. The maximum absolute atomic E-state index is 14.2. The molecule has 0 bridgehead atoms. The molecule has 0 amide bonds. The molecule has 0 aliphatic heterocycles. The fourth-order valence-electron chi connectivity index (χ4n) is 8.06. The number of rotatable bonds is 8. The van der Waals surface area contributed by atoms with Gasteiger partial charge in [-0.05, 0) is 48.5 Å². The summed E-state index contributed by atoms with van der Waals surface area (Å²) in [4.78, 5) is 4.19. The molecule has 0 aliphatic rings. The third-order valence-electron chi connectivity index (χ3n) is 11.4. The molecule has 7 rings (SSSR count). The van der Waals surface area contributed by atoms with Crippen LogP contribution in [-0.2, 0) is 56.0 Å². The van der Waals surface area contributed by atoms with Gasteiger partial charge < -0.3 is 9.84 Å². The van der Waals surface area contributed by atoms with E-state index in [1.54, 1.807) is 30.5 Å². The van der Waals surface area contributed by atoms with Gasteiger partial charge in [-0.1, -0.05) is 78.9 Å². The van der Waals surface area contributed by atoms with Crippen LogP contribution in [0.15, 0.2) is 146 Å². The number of halogens is 24. The number of aromatic hydroxyl groups is 1. The third-order valence-corrected chi connectivity index (χ3v) is 11.4. The fourth-order valence-corrected chi connectivity index (χ4v) is 8.06. The Hall–Kier alpha value is -7.62. The van der Waals surface area contributed by atoms with Gasteiger partial charge in [0.05, 0.1) is 50.7 Å². The average molecular weight is 1140 g/mol. The number of nitrogens with zero attached hydrogens (tertiary/aromatic N) is 2. The summed E-state index contributed by atoms with van der Waals surface area (Å²) in [7, 11) is 0. The average Bonchev–Trinajstić information content (AvgIpc) is 3.50. The van der Waals surface area contributed by atoms with Crippen LogP contribution in [0.25, 0.3) is 0 Å². The Kier molecular flexibility index (Phi) is 16.0. The van der Waals surface area contributed by atoms with Crippen molar-refractivity contribution in [3.63, 3.8) is 0 Å². The Labute approximate surface area is 421 Å². The van der Waals surface area contributed by atoms with Gasteiger partial charge >= 0.3 is 49.4 Å². The molecule has 78 heavy (non-hydrogen) atoms. The molecule has 7 aromatic rings. The monoisotopic (exact) mass is 1140 g/mol. The Morgan fingerprint density at radius 1 is 0.385 bits per heavy atom. The zero-order valence-electron chi connectivity index (χ0n) is 38.0. The van der Waals surface area contributed by atoms with Crippen molar-refractivity contribution in [1.82, 2.24) is 4.98 Å². The van der Waals surface area contributed by atoms with Gasteiger partial charge in [-0.3, -0.25) is 0 Å². The van der Waals surface area contributed by atoms with Crippen LogP contribution in [0.4, 0.5) is 105 Å². The molecule has 4 nitrogen and oxygen atoms in total. The zero-order chi connectivity index (χ0) is 58.4. The lowest BCUT2D eigenvalue weighted by Crippen LogP contribution is -2.75. The maximum atomic E-state index is 14.2. The highest BCUT2D eigenvalue weighted by Crippen LogP contribution is 2.41. The number of phenolic OH excluding ortho intramolecular Hbond substituents is 1. The minimum atomic E-state index is -6.13. The Morgan fingerprint density at radius 2 is 0.667 bits per heavy atom. The largest absolute Gasteiger partial charge is 0.508 e. The van der Waals surface area contributed by atoms with Gasteiger partial charge in [0, 0.05) is 5.56 Å². The van der Waals surface area contributed by atoms with Crippen LogP contribution in [0.3, 0.4) is 0 Å². The van der Waals surface area contributed by atoms with Crippen molar-refractivity contribution in [2.24, 2.45) is 0 Å². The smallest absolute Gasteiger partial charge is 0.416 e. The molecule has 1 aromatic heterocycles. The lowest BCUT2D eigenvalue weighted by molar-refractivity contribution is -0.689. The van der Waals surface area contributed by atoms with E-state index in [9.17, 15) is 110 Å². The SMILES string of the molecule is FC(F)(F)c1cc([B-](c2cc(C(F)(F)F)cc(C(F)(F)F)c2)(c2cc(C(F)(F)F)cc(C(F)(F)F)c2)c2cc(C(F)(F)F)cc(C(F)(F)F)c2)cc(C(F)(F)F)c1.Oc1ccc(Oc2c[n+](Cc3ccccc3)ccn2)cc1. The Bertz CT molecular complexity index is 2810. The minimum absolute atomic E-state index is 0.211. The first-order valence-corrected chi connectivity index (χ1v) is 21.3. The van der Waals surface area contributed by atoms with Crippen molar-refractivity contribution >= 4 is 28.0 Å². The molecule has 1 N–H and O–H groups in total. The molecule has 6 aromatic carbocycles. The molecule has 1 heterocycles. The van der Waals surface area contributed by atoms with Gasteiger partial charge in [-0.15, -0.1) is 0 Å². The summed E-state index contributed by atoms with van der Waals surface area (Å²) >= 11 is 0. The summed E-state index contributed by atoms with van der Waals surface area (Å²) in [5.74, 6) is 1.36. The second kappa shape index (κ2) is 21.0. The van der Waals surface area contributed by atoms with Crippen molar-refractivity contribution in [3.8, 4) is 17.4 Å². The van der Waals surface area contributed by atoms with Gasteiger partial charge in [0.2, 0.25) is 6.20 Å². The molecule has 0 spiro atoms. The lowest BCUT2D eigenvalue weighted by Gasteiger charge is -2.46. The van der Waals surface area contributed by atoms with E-state index in [0.717, 1.165) is 6.54 Å². The number of phenols is 1. The molecule has 0 saturated heterocycles. The van der Waals surface area contributed by atoms with Crippen LogP contribution < -0.4 is 31.2 Å². The van der Waals surface area contributed by atoms with E-state index in [1.807, 2.05) is 35.2 Å². The highest BCUT2D eigenvalue weighted by atomic mass is 19.4. The Balaban J connectivity index is 0.000000387. The summed E-state index contributed by atoms with van der Waals surface area (Å²) in [5, 5.41) is 9.26. The molecule has 0 radical (unpaired) electrons. The molecular weight excluding hydrogens is 1120 g/mol. The molecular formula is C49H27BF24N2O2. The van der Waals surface area contributed by atoms with Crippen LogP contribution in [0.2, 0.25) is 0 Å². The van der Waals surface area contributed by atoms with Gasteiger partial charge in [0.15, 0.2) is 12.7 Å². The van der Waals surface area contributed by atoms with Gasteiger partial charge in [0.25, 0.3) is 5.88 Å². The van der Waals surface area contributed by atoms with Crippen LogP contribution in [0.1, 0.15) is 50.1 Å². The third kappa shape index (κ3) is 14.1. The number of ether oxygens (including phenoxy) is 1. The van der Waals surface area contributed by atoms with Crippen molar-refractivity contribution in [1.29, 1.82) is 0 Å².